The van der Waals surface area contributed by atoms with E-state index >= 15 is 0 Å². The highest BCUT2D eigenvalue weighted by atomic mass is 79.9. The van der Waals surface area contributed by atoms with Crippen LogP contribution in [0.15, 0.2) is 10.7 Å². The quantitative estimate of drug-likeness (QED) is 0.636. The number of anilines is 2. The molecule has 2 heterocycles. The lowest BCUT2D eigenvalue weighted by molar-refractivity contribution is 0.247. The number of nitrogens with two attached hydrogens (primary N) is 1. The third-order valence-corrected chi connectivity index (χ3v) is 4.09. The molecule has 1 saturated heterocycles. The zero-order chi connectivity index (χ0) is 12.5. The van der Waals surface area contributed by atoms with Gasteiger partial charge in [-0.05, 0) is 28.8 Å². The average molecular weight is 313 g/mol. The lowest BCUT2D eigenvalue weighted by atomic mass is 10.3. The first kappa shape index (κ1) is 12.1. The molecule has 0 aromatic carbocycles. The molecule has 0 amide bonds. The first-order valence-electron chi connectivity index (χ1n) is 6.26. The highest BCUT2D eigenvalue weighted by Crippen LogP contribution is 2.30. The molecule has 1 aliphatic heterocycles. The summed E-state index contributed by atoms with van der Waals surface area (Å²) < 4.78 is 0.918. The van der Waals surface area contributed by atoms with Gasteiger partial charge in [0.2, 0.25) is 5.95 Å². The van der Waals surface area contributed by atoms with Crippen molar-refractivity contribution in [3.05, 3.63) is 10.7 Å². The molecule has 0 spiro atoms. The Balaban J connectivity index is 1.71. The molecule has 2 fully saturated rings. The van der Waals surface area contributed by atoms with E-state index in [0.717, 1.165) is 42.5 Å². The number of nitrogens with one attached hydrogen (secondary N) is 1. The van der Waals surface area contributed by atoms with Crippen molar-refractivity contribution in [1.82, 2.24) is 14.9 Å². The molecular formula is C11H17BrN6. The molecule has 0 radical (unpaired) electrons. The first-order valence-corrected chi connectivity index (χ1v) is 7.05. The number of hydrogen-bond acceptors (Lipinski definition) is 6. The lowest BCUT2D eigenvalue weighted by Crippen LogP contribution is -2.47. The summed E-state index contributed by atoms with van der Waals surface area (Å²) in [6, 6.07) is 0.849. The van der Waals surface area contributed by atoms with Crippen LogP contribution in [0.3, 0.4) is 0 Å². The smallest absolute Gasteiger partial charge is 0.239 e. The molecule has 1 aliphatic carbocycles. The van der Waals surface area contributed by atoms with Crippen molar-refractivity contribution in [3.8, 4) is 0 Å². The number of hydrogen-bond donors (Lipinski definition) is 2. The van der Waals surface area contributed by atoms with E-state index in [9.17, 15) is 0 Å². The van der Waals surface area contributed by atoms with Crippen molar-refractivity contribution in [2.75, 3.05) is 36.5 Å². The minimum Gasteiger partial charge on any atom is -0.353 e. The number of nitrogens with zero attached hydrogens (tertiary/aromatic N) is 4. The van der Waals surface area contributed by atoms with Crippen molar-refractivity contribution in [1.29, 1.82) is 0 Å². The minimum atomic E-state index is 0.456. The van der Waals surface area contributed by atoms with Crippen LogP contribution >= 0.6 is 15.9 Å². The molecule has 1 saturated carbocycles. The monoisotopic (exact) mass is 312 g/mol. The molecule has 3 N–H and O–H groups in total. The molecule has 3 rings (SSSR count). The summed E-state index contributed by atoms with van der Waals surface area (Å²) in [4.78, 5) is 13.3. The summed E-state index contributed by atoms with van der Waals surface area (Å²) in [6.07, 6.45) is 4.49. The van der Waals surface area contributed by atoms with Crippen LogP contribution in [0, 0.1) is 0 Å². The normalized spacial score (nSPS) is 21.1. The molecule has 7 heteroatoms. The van der Waals surface area contributed by atoms with E-state index < -0.39 is 0 Å². The molecule has 98 valence electrons. The van der Waals surface area contributed by atoms with Gasteiger partial charge in [0.05, 0.1) is 4.47 Å². The Kier molecular flexibility index (Phi) is 3.36. The van der Waals surface area contributed by atoms with Crippen LogP contribution in [-0.4, -0.2) is 47.1 Å². The SMILES string of the molecule is NNc1ncc(Br)c(N2CCN(C3CC3)CC2)n1. The highest BCUT2D eigenvalue weighted by molar-refractivity contribution is 9.10. The Labute approximate surface area is 115 Å². The van der Waals surface area contributed by atoms with E-state index in [2.05, 4.69) is 41.1 Å². The summed E-state index contributed by atoms with van der Waals surface area (Å²) in [6.45, 7) is 4.26. The summed E-state index contributed by atoms with van der Waals surface area (Å²) in [5.41, 5.74) is 2.49. The summed E-state index contributed by atoms with van der Waals surface area (Å²) in [5.74, 6) is 6.73. The van der Waals surface area contributed by atoms with Crippen LogP contribution in [0.4, 0.5) is 11.8 Å². The predicted octanol–water partition coefficient (Wildman–Crippen LogP) is 0.809. The fraction of sp³-hybridized carbons (Fsp3) is 0.636. The Hall–Kier alpha value is -0.920. The summed E-state index contributed by atoms with van der Waals surface area (Å²) in [5, 5.41) is 0. The molecule has 18 heavy (non-hydrogen) atoms. The fourth-order valence-electron chi connectivity index (χ4n) is 2.39. The van der Waals surface area contributed by atoms with E-state index in [1.807, 2.05) is 0 Å². The third-order valence-electron chi connectivity index (χ3n) is 3.53. The molecular weight excluding hydrogens is 296 g/mol. The van der Waals surface area contributed by atoms with Crippen molar-refractivity contribution >= 4 is 27.7 Å². The Morgan fingerprint density at radius 1 is 1.28 bits per heavy atom. The van der Waals surface area contributed by atoms with Crippen LogP contribution in [-0.2, 0) is 0 Å². The topological polar surface area (TPSA) is 70.3 Å². The van der Waals surface area contributed by atoms with E-state index in [4.69, 9.17) is 5.84 Å². The van der Waals surface area contributed by atoms with Crippen molar-refractivity contribution in [3.63, 3.8) is 0 Å². The molecule has 2 aliphatic rings. The van der Waals surface area contributed by atoms with Crippen molar-refractivity contribution in [2.45, 2.75) is 18.9 Å². The van der Waals surface area contributed by atoms with Gasteiger partial charge < -0.3 is 4.90 Å². The Bertz CT molecular complexity index is 428. The maximum atomic E-state index is 5.35. The Morgan fingerprint density at radius 3 is 2.61 bits per heavy atom. The number of nitrogen functional groups attached to an aromatic ring is 1. The second-order valence-electron chi connectivity index (χ2n) is 4.76. The van der Waals surface area contributed by atoms with Gasteiger partial charge in [-0.2, -0.15) is 4.98 Å². The number of aromatic nitrogens is 2. The zero-order valence-electron chi connectivity index (χ0n) is 10.1. The molecule has 1 aromatic rings. The predicted molar refractivity (Wildman–Crippen MR) is 74.4 cm³/mol. The van der Waals surface area contributed by atoms with Crippen LogP contribution in [0.2, 0.25) is 0 Å². The van der Waals surface area contributed by atoms with Gasteiger partial charge in [0.1, 0.15) is 5.82 Å². The van der Waals surface area contributed by atoms with Gasteiger partial charge in [0.25, 0.3) is 0 Å². The van der Waals surface area contributed by atoms with E-state index in [0.29, 0.717) is 5.95 Å². The van der Waals surface area contributed by atoms with Crippen LogP contribution in [0.25, 0.3) is 0 Å². The zero-order valence-corrected chi connectivity index (χ0v) is 11.7. The number of hydrazine groups is 1. The van der Waals surface area contributed by atoms with Gasteiger partial charge in [0.15, 0.2) is 0 Å². The summed E-state index contributed by atoms with van der Waals surface area (Å²) >= 11 is 3.50. The average Bonchev–Trinajstić information content (AvgIpc) is 3.24. The standard InChI is InChI=1S/C11H17BrN6/c12-9-7-14-11(16-13)15-10(9)18-5-3-17(4-6-18)8-1-2-8/h7-8H,1-6,13H2,(H,14,15,16). The third kappa shape index (κ3) is 2.43. The van der Waals surface area contributed by atoms with Crippen LogP contribution in [0.1, 0.15) is 12.8 Å². The molecule has 1 aromatic heterocycles. The molecule has 0 atom stereocenters. The fourth-order valence-corrected chi connectivity index (χ4v) is 2.83. The van der Waals surface area contributed by atoms with Crippen molar-refractivity contribution in [2.24, 2.45) is 5.84 Å². The van der Waals surface area contributed by atoms with Gasteiger partial charge in [-0.3, -0.25) is 10.3 Å². The first-order chi connectivity index (χ1) is 8.78. The number of rotatable bonds is 3. The second kappa shape index (κ2) is 4.99. The molecule has 0 unspecified atom stereocenters. The van der Waals surface area contributed by atoms with Crippen LogP contribution < -0.4 is 16.2 Å². The van der Waals surface area contributed by atoms with E-state index in [1.54, 1.807) is 6.20 Å². The van der Waals surface area contributed by atoms with Gasteiger partial charge in [-0.1, -0.05) is 0 Å². The van der Waals surface area contributed by atoms with Gasteiger partial charge in [0, 0.05) is 38.4 Å². The Morgan fingerprint density at radius 2 is 2.00 bits per heavy atom. The van der Waals surface area contributed by atoms with Crippen molar-refractivity contribution < 1.29 is 0 Å². The van der Waals surface area contributed by atoms with E-state index in [1.165, 1.54) is 12.8 Å². The molecule has 0 bridgehead atoms. The lowest BCUT2D eigenvalue weighted by Gasteiger charge is -2.35. The van der Waals surface area contributed by atoms with E-state index in [-0.39, 0.29) is 0 Å². The largest absolute Gasteiger partial charge is 0.353 e. The number of halogens is 1. The van der Waals surface area contributed by atoms with Gasteiger partial charge in [-0.15, -0.1) is 0 Å². The highest BCUT2D eigenvalue weighted by Gasteiger charge is 2.31. The maximum absolute atomic E-state index is 5.35. The molecule has 6 nitrogen and oxygen atoms in total. The number of piperazine rings is 1. The summed E-state index contributed by atoms with van der Waals surface area (Å²) in [7, 11) is 0. The van der Waals surface area contributed by atoms with Gasteiger partial charge in [-0.25, -0.2) is 10.8 Å². The second-order valence-corrected chi connectivity index (χ2v) is 5.62. The van der Waals surface area contributed by atoms with Crippen LogP contribution in [0.5, 0.6) is 0 Å². The minimum absolute atomic E-state index is 0.456. The van der Waals surface area contributed by atoms with Gasteiger partial charge >= 0.3 is 0 Å². The maximum Gasteiger partial charge on any atom is 0.239 e.